The second-order valence-corrected chi connectivity index (χ2v) is 6.55. The van der Waals surface area contributed by atoms with Gasteiger partial charge in [0, 0.05) is 29.1 Å². The number of hydrogen-bond acceptors (Lipinski definition) is 2. The first-order valence-corrected chi connectivity index (χ1v) is 6.94. The molecular weight excluding hydrogens is 278 g/mol. The standard InChI is InChI=1S/C14H20BrNO/c1-14(2,9-17)8-16-13-6-3-10-7-11(15)4-5-12(10)13/h4-5,7,13,16-17H,3,6,8-9H2,1-2H3. The molecule has 1 aliphatic rings. The molecule has 1 aromatic rings. The van der Waals surface area contributed by atoms with Gasteiger partial charge in [-0.1, -0.05) is 35.8 Å². The number of rotatable bonds is 4. The molecule has 0 radical (unpaired) electrons. The number of hydrogen-bond donors (Lipinski definition) is 2. The summed E-state index contributed by atoms with van der Waals surface area (Å²) in [5, 5.41) is 12.8. The van der Waals surface area contributed by atoms with Crippen molar-refractivity contribution in [2.75, 3.05) is 13.2 Å². The molecule has 0 saturated heterocycles. The quantitative estimate of drug-likeness (QED) is 0.895. The van der Waals surface area contributed by atoms with E-state index < -0.39 is 0 Å². The summed E-state index contributed by atoms with van der Waals surface area (Å²) in [5.74, 6) is 0. The lowest BCUT2D eigenvalue weighted by atomic mass is 9.94. The van der Waals surface area contributed by atoms with E-state index in [1.807, 2.05) is 0 Å². The predicted molar refractivity (Wildman–Crippen MR) is 74.1 cm³/mol. The summed E-state index contributed by atoms with van der Waals surface area (Å²) in [5.41, 5.74) is 2.82. The molecule has 2 rings (SSSR count). The molecule has 2 N–H and O–H groups in total. The predicted octanol–water partition coefficient (Wildman–Crippen LogP) is 3.04. The number of fused-ring (bicyclic) bond motifs is 1. The normalized spacial score (nSPS) is 19.4. The first kappa shape index (κ1) is 13.1. The van der Waals surface area contributed by atoms with Gasteiger partial charge in [0.15, 0.2) is 0 Å². The lowest BCUT2D eigenvalue weighted by molar-refractivity contribution is 0.153. The van der Waals surface area contributed by atoms with Crippen molar-refractivity contribution in [1.82, 2.24) is 5.32 Å². The van der Waals surface area contributed by atoms with Crippen LogP contribution in [0.5, 0.6) is 0 Å². The lowest BCUT2D eigenvalue weighted by Crippen LogP contribution is -2.34. The molecule has 0 bridgehead atoms. The van der Waals surface area contributed by atoms with Crippen LogP contribution in [-0.4, -0.2) is 18.3 Å². The van der Waals surface area contributed by atoms with Crippen molar-refractivity contribution in [3.63, 3.8) is 0 Å². The Morgan fingerprint density at radius 3 is 2.94 bits per heavy atom. The maximum atomic E-state index is 9.25. The van der Waals surface area contributed by atoms with Crippen LogP contribution in [0.4, 0.5) is 0 Å². The second-order valence-electron chi connectivity index (χ2n) is 5.64. The SMILES string of the molecule is CC(C)(CO)CNC1CCc2cc(Br)ccc21. The number of aliphatic hydroxyl groups is 1. The molecule has 2 nitrogen and oxygen atoms in total. The summed E-state index contributed by atoms with van der Waals surface area (Å²) in [4.78, 5) is 0. The van der Waals surface area contributed by atoms with Gasteiger partial charge in [-0.3, -0.25) is 0 Å². The van der Waals surface area contributed by atoms with E-state index in [4.69, 9.17) is 0 Å². The minimum Gasteiger partial charge on any atom is -0.396 e. The fourth-order valence-corrected chi connectivity index (χ4v) is 2.66. The fourth-order valence-electron chi connectivity index (χ4n) is 2.25. The summed E-state index contributed by atoms with van der Waals surface area (Å²) >= 11 is 3.51. The van der Waals surface area contributed by atoms with Crippen LogP contribution in [0.1, 0.15) is 37.4 Å². The zero-order chi connectivity index (χ0) is 12.5. The minimum absolute atomic E-state index is 0.0435. The highest BCUT2D eigenvalue weighted by Crippen LogP contribution is 2.33. The van der Waals surface area contributed by atoms with Gasteiger partial charge in [0.25, 0.3) is 0 Å². The van der Waals surface area contributed by atoms with E-state index in [1.54, 1.807) is 0 Å². The van der Waals surface area contributed by atoms with Gasteiger partial charge < -0.3 is 10.4 Å². The average molecular weight is 298 g/mol. The highest BCUT2D eigenvalue weighted by atomic mass is 79.9. The summed E-state index contributed by atoms with van der Waals surface area (Å²) in [6, 6.07) is 6.98. The molecule has 1 aliphatic carbocycles. The molecule has 1 aromatic carbocycles. The van der Waals surface area contributed by atoms with Gasteiger partial charge in [0.05, 0.1) is 0 Å². The van der Waals surface area contributed by atoms with Gasteiger partial charge in [0.2, 0.25) is 0 Å². The summed E-state index contributed by atoms with van der Waals surface area (Å²) in [7, 11) is 0. The van der Waals surface area contributed by atoms with Gasteiger partial charge in [-0.2, -0.15) is 0 Å². The summed E-state index contributed by atoms with van der Waals surface area (Å²) in [6.07, 6.45) is 2.30. The fraction of sp³-hybridized carbons (Fsp3) is 0.571. The van der Waals surface area contributed by atoms with Gasteiger partial charge in [-0.15, -0.1) is 0 Å². The summed E-state index contributed by atoms with van der Waals surface area (Å²) in [6.45, 7) is 5.23. The topological polar surface area (TPSA) is 32.3 Å². The van der Waals surface area contributed by atoms with Crippen LogP contribution in [0.25, 0.3) is 0 Å². The van der Waals surface area contributed by atoms with E-state index in [9.17, 15) is 5.11 Å². The molecular formula is C14H20BrNO. The monoisotopic (exact) mass is 297 g/mol. The molecule has 1 atom stereocenters. The number of nitrogens with one attached hydrogen (secondary N) is 1. The Morgan fingerprint density at radius 2 is 2.24 bits per heavy atom. The molecule has 0 fully saturated rings. The van der Waals surface area contributed by atoms with E-state index in [0.717, 1.165) is 23.9 Å². The Bertz CT molecular complexity index is 403. The highest BCUT2D eigenvalue weighted by Gasteiger charge is 2.24. The Kier molecular flexibility index (Phi) is 3.91. The highest BCUT2D eigenvalue weighted by molar-refractivity contribution is 9.10. The van der Waals surface area contributed by atoms with Crippen LogP contribution in [0.3, 0.4) is 0 Å². The lowest BCUT2D eigenvalue weighted by Gasteiger charge is -2.25. The van der Waals surface area contributed by atoms with Gasteiger partial charge in [-0.05, 0) is 36.1 Å². The Morgan fingerprint density at radius 1 is 1.47 bits per heavy atom. The molecule has 3 heteroatoms. The third-order valence-corrected chi connectivity index (χ3v) is 3.93. The Hall–Kier alpha value is -0.380. The van der Waals surface area contributed by atoms with Gasteiger partial charge in [0.1, 0.15) is 0 Å². The third kappa shape index (κ3) is 3.09. The molecule has 0 aliphatic heterocycles. The Labute approximate surface area is 112 Å². The van der Waals surface area contributed by atoms with E-state index in [-0.39, 0.29) is 12.0 Å². The van der Waals surface area contributed by atoms with Crippen LogP contribution in [0.15, 0.2) is 22.7 Å². The average Bonchev–Trinajstić information content (AvgIpc) is 2.69. The maximum absolute atomic E-state index is 9.25. The molecule has 1 unspecified atom stereocenters. The first-order chi connectivity index (χ1) is 8.02. The van der Waals surface area contributed by atoms with Crippen LogP contribution in [0.2, 0.25) is 0 Å². The largest absolute Gasteiger partial charge is 0.396 e. The second kappa shape index (κ2) is 5.09. The zero-order valence-corrected chi connectivity index (χ0v) is 12.0. The molecule has 17 heavy (non-hydrogen) atoms. The van der Waals surface area contributed by atoms with E-state index >= 15 is 0 Å². The maximum Gasteiger partial charge on any atom is 0.0494 e. The Balaban J connectivity index is 2.03. The van der Waals surface area contributed by atoms with Crippen LogP contribution in [0, 0.1) is 5.41 Å². The van der Waals surface area contributed by atoms with E-state index in [0.29, 0.717) is 6.04 Å². The third-order valence-electron chi connectivity index (χ3n) is 3.44. The first-order valence-electron chi connectivity index (χ1n) is 6.14. The van der Waals surface area contributed by atoms with Crippen molar-refractivity contribution in [3.8, 4) is 0 Å². The minimum atomic E-state index is -0.0435. The number of aryl methyl sites for hydroxylation is 1. The zero-order valence-electron chi connectivity index (χ0n) is 10.5. The molecule has 0 aromatic heterocycles. The van der Waals surface area contributed by atoms with Crippen LogP contribution in [-0.2, 0) is 6.42 Å². The number of aliphatic hydroxyl groups excluding tert-OH is 1. The van der Waals surface area contributed by atoms with Crippen molar-refractivity contribution in [1.29, 1.82) is 0 Å². The molecule has 0 heterocycles. The van der Waals surface area contributed by atoms with Crippen LogP contribution >= 0.6 is 15.9 Å². The van der Waals surface area contributed by atoms with E-state index in [1.165, 1.54) is 11.1 Å². The number of halogens is 1. The molecule has 94 valence electrons. The smallest absolute Gasteiger partial charge is 0.0494 e. The molecule has 0 saturated carbocycles. The van der Waals surface area contributed by atoms with Gasteiger partial charge in [-0.25, -0.2) is 0 Å². The van der Waals surface area contributed by atoms with Crippen molar-refractivity contribution >= 4 is 15.9 Å². The van der Waals surface area contributed by atoms with Crippen LogP contribution < -0.4 is 5.32 Å². The molecule has 0 spiro atoms. The van der Waals surface area contributed by atoms with Gasteiger partial charge >= 0.3 is 0 Å². The van der Waals surface area contributed by atoms with E-state index in [2.05, 4.69) is 53.3 Å². The van der Waals surface area contributed by atoms with Crippen molar-refractivity contribution in [2.24, 2.45) is 5.41 Å². The van der Waals surface area contributed by atoms with Crippen molar-refractivity contribution in [2.45, 2.75) is 32.7 Å². The van der Waals surface area contributed by atoms with Crippen molar-refractivity contribution in [3.05, 3.63) is 33.8 Å². The van der Waals surface area contributed by atoms with Crippen molar-refractivity contribution < 1.29 is 5.11 Å². The summed E-state index contributed by atoms with van der Waals surface area (Å²) < 4.78 is 1.16. The number of benzene rings is 1. The molecule has 0 amide bonds.